The lowest BCUT2D eigenvalue weighted by molar-refractivity contribution is -0.118. The molecule has 1 aromatic heterocycles. The molecular weight excluding hydrogens is 234 g/mol. The number of carbonyl (C=O) groups excluding carboxylic acids is 1. The van der Waals surface area contributed by atoms with E-state index in [-0.39, 0.29) is 17.3 Å². The Labute approximate surface area is 105 Å². The summed E-state index contributed by atoms with van der Waals surface area (Å²) in [5.41, 5.74) is 6.26. The average molecular weight is 249 g/mol. The van der Waals surface area contributed by atoms with Gasteiger partial charge in [0.25, 0.3) is 0 Å². The summed E-state index contributed by atoms with van der Waals surface area (Å²) < 4.78 is 0. The smallest absolute Gasteiger partial charge is 0.356 e. The van der Waals surface area contributed by atoms with Gasteiger partial charge in [0, 0.05) is 19.7 Å². The van der Waals surface area contributed by atoms with Gasteiger partial charge in [-0.05, 0) is 18.1 Å². The highest BCUT2D eigenvalue weighted by Gasteiger charge is 2.08. The molecule has 0 aliphatic heterocycles. The fourth-order valence-corrected chi connectivity index (χ4v) is 1.32. The number of rotatable bonds is 5. The van der Waals surface area contributed by atoms with E-state index in [9.17, 15) is 9.59 Å². The van der Waals surface area contributed by atoms with Crippen molar-refractivity contribution in [3.8, 4) is 0 Å². The second-order valence-corrected chi connectivity index (χ2v) is 3.69. The maximum absolute atomic E-state index is 10.7. The zero-order valence-electron chi connectivity index (χ0n) is 10.0. The average Bonchev–Trinajstić information content (AvgIpc) is 2.27. The van der Waals surface area contributed by atoms with Gasteiger partial charge in [-0.25, -0.2) is 9.78 Å². The zero-order chi connectivity index (χ0) is 13.5. The van der Waals surface area contributed by atoms with Crippen LogP contribution in [0.25, 0.3) is 6.08 Å². The van der Waals surface area contributed by atoms with Gasteiger partial charge in [-0.1, -0.05) is 12.2 Å². The van der Waals surface area contributed by atoms with E-state index in [2.05, 4.69) is 10.3 Å². The third kappa shape index (κ3) is 4.25. The first-order valence-electron chi connectivity index (χ1n) is 5.40. The third-order valence-corrected chi connectivity index (χ3v) is 2.14. The van der Waals surface area contributed by atoms with Crippen LogP contribution in [0.1, 0.15) is 29.4 Å². The van der Waals surface area contributed by atoms with Crippen molar-refractivity contribution in [2.75, 3.05) is 12.3 Å². The van der Waals surface area contributed by atoms with Crippen LogP contribution in [0.2, 0.25) is 0 Å². The first kappa shape index (κ1) is 13.7. The third-order valence-electron chi connectivity index (χ3n) is 2.14. The second kappa shape index (κ2) is 6.39. The number of nitrogen functional groups attached to an aromatic ring is 1. The molecule has 0 atom stereocenters. The van der Waals surface area contributed by atoms with Crippen LogP contribution in [0.15, 0.2) is 18.3 Å². The van der Waals surface area contributed by atoms with Crippen molar-refractivity contribution in [2.24, 2.45) is 0 Å². The van der Waals surface area contributed by atoms with E-state index < -0.39 is 5.97 Å². The van der Waals surface area contributed by atoms with E-state index in [0.717, 1.165) is 5.56 Å². The lowest BCUT2D eigenvalue weighted by Crippen LogP contribution is -2.20. The zero-order valence-corrected chi connectivity index (χ0v) is 10.0. The van der Waals surface area contributed by atoms with Crippen molar-refractivity contribution in [3.63, 3.8) is 0 Å². The molecule has 6 nitrogen and oxygen atoms in total. The summed E-state index contributed by atoms with van der Waals surface area (Å²) in [6, 6.07) is 1.55. The Morgan fingerprint density at radius 1 is 1.56 bits per heavy atom. The SMILES string of the molecule is CC(=O)NCCC=Cc1cnc(C(=O)O)c(N)c1. The van der Waals surface area contributed by atoms with Crippen LogP contribution in [-0.2, 0) is 4.79 Å². The second-order valence-electron chi connectivity index (χ2n) is 3.69. The molecule has 18 heavy (non-hydrogen) atoms. The Bertz CT molecular complexity index is 483. The Kier molecular flexibility index (Phi) is 4.86. The molecule has 6 heteroatoms. The van der Waals surface area contributed by atoms with E-state index in [1.54, 1.807) is 12.1 Å². The molecule has 0 saturated heterocycles. The molecule has 0 spiro atoms. The van der Waals surface area contributed by atoms with Gasteiger partial charge in [-0.2, -0.15) is 0 Å². The number of amides is 1. The number of carbonyl (C=O) groups is 2. The van der Waals surface area contributed by atoms with Crippen molar-refractivity contribution in [3.05, 3.63) is 29.6 Å². The Morgan fingerprint density at radius 2 is 2.28 bits per heavy atom. The predicted octanol–water partition coefficient (Wildman–Crippen LogP) is 0.901. The first-order valence-corrected chi connectivity index (χ1v) is 5.40. The molecule has 1 heterocycles. The quantitative estimate of drug-likeness (QED) is 0.672. The van der Waals surface area contributed by atoms with Gasteiger partial charge >= 0.3 is 5.97 Å². The summed E-state index contributed by atoms with van der Waals surface area (Å²) in [7, 11) is 0. The van der Waals surface area contributed by atoms with E-state index in [4.69, 9.17) is 10.8 Å². The number of anilines is 1. The Morgan fingerprint density at radius 3 is 2.83 bits per heavy atom. The molecule has 0 aromatic carbocycles. The molecule has 1 rings (SSSR count). The van der Waals surface area contributed by atoms with Gasteiger partial charge < -0.3 is 16.2 Å². The van der Waals surface area contributed by atoms with Gasteiger partial charge in [0.15, 0.2) is 5.69 Å². The molecular formula is C12H15N3O3. The van der Waals surface area contributed by atoms with Crippen LogP contribution in [0.3, 0.4) is 0 Å². The number of nitrogens with two attached hydrogens (primary N) is 1. The van der Waals surface area contributed by atoms with Crippen LogP contribution in [0, 0.1) is 0 Å². The number of carboxylic acid groups (broad SMARTS) is 1. The lowest BCUT2D eigenvalue weighted by atomic mass is 10.2. The van der Waals surface area contributed by atoms with Crippen LogP contribution in [0.4, 0.5) is 5.69 Å². The van der Waals surface area contributed by atoms with Gasteiger partial charge in [0.05, 0.1) is 5.69 Å². The van der Waals surface area contributed by atoms with E-state index in [0.29, 0.717) is 13.0 Å². The van der Waals surface area contributed by atoms with Crippen LogP contribution in [0.5, 0.6) is 0 Å². The molecule has 0 bridgehead atoms. The topological polar surface area (TPSA) is 105 Å². The highest BCUT2D eigenvalue weighted by atomic mass is 16.4. The number of pyridine rings is 1. The molecule has 0 aliphatic rings. The van der Waals surface area contributed by atoms with E-state index in [1.807, 2.05) is 6.08 Å². The Balaban J connectivity index is 2.58. The number of nitrogens with zero attached hydrogens (tertiary/aromatic N) is 1. The van der Waals surface area contributed by atoms with Crippen LogP contribution in [-0.4, -0.2) is 28.5 Å². The van der Waals surface area contributed by atoms with Gasteiger partial charge in [-0.3, -0.25) is 4.79 Å². The van der Waals surface area contributed by atoms with Crippen LogP contribution >= 0.6 is 0 Å². The normalized spacial score (nSPS) is 10.5. The maximum atomic E-state index is 10.7. The standard InChI is InChI=1S/C12H15N3O3/c1-8(16)14-5-3-2-4-9-6-10(13)11(12(17)18)15-7-9/h2,4,6-7H,3,5,13H2,1H3,(H,14,16)(H,17,18). The highest BCUT2D eigenvalue weighted by molar-refractivity contribution is 5.91. The lowest BCUT2D eigenvalue weighted by Gasteiger charge is -2.01. The summed E-state index contributed by atoms with van der Waals surface area (Å²) in [6.45, 7) is 2.01. The van der Waals surface area contributed by atoms with E-state index >= 15 is 0 Å². The molecule has 0 fully saturated rings. The molecule has 4 N–H and O–H groups in total. The first-order chi connectivity index (χ1) is 8.50. The predicted molar refractivity (Wildman–Crippen MR) is 67.9 cm³/mol. The Hall–Kier alpha value is -2.37. The summed E-state index contributed by atoms with van der Waals surface area (Å²) in [5.74, 6) is -1.21. The molecule has 0 unspecified atom stereocenters. The largest absolute Gasteiger partial charge is 0.476 e. The van der Waals surface area contributed by atoms with E-state index in [1.165, 1.54) is 13.1 Å². The molecule has 0 aliphatic carbocycles. The van der Waals surface area contributed by atoms with Crippen molar-refractivity contribution in [1.29, 1.82) is 0 Å². The fraction of sp³-hybridized carbons (Fsp3) is 0.250. The minimum atomic E-state index is -1.14. The summed E-state index contributed by atoms with van der Waals surface area (Å²) in [5, 5.41) is 11.4. The van der Waals surface area contributed by atoms with Crippen molar-refractivity contribution >= 4 is 23.6 Å². The van der Waals surface area contributed by atoms with Crippen molar-refractivity contribution in [2.45, 2.75) is 13.3 Å². The van der Waals surface area contributed by atoms with Crippen LogP contribution < -0.4 is 11.1 Å². The minimum Gasteiger partial charge on any atom is -0.476 e. The number of carboxylic acids is 1. The molecule has 96 valence electrons. The number of aromatic nitrogens is 1. The fourth-order valence-electron chi connectivity index (χ4n) is 1.32. The summed E-state index contributed by atoms with van der Waals surface area (Å²) in [4.78, 5) is 25.1. The number of nitrogens with one attached hydrogen (secondary N) is 1. The molecule has 0 radical (unpaired) electrons. The monoisotopic (exact) mass is 249 g/mol. The van der Waals surface area contributed by atoms with Crippen molar-refractivity contribution in [1.82, 2.24) is 10.3 Å². The number of hydrogen-bond donors (Lipinski definition) is 3. The molecule has 1 aromatic rings. The van der Waals surface area contributed by atoms with Gasteiger partial charge in [0.1, 0.15) is 0 Å². The summed E-state index contributed by atoms with van der Waals surface area (Å²) >= 11 is 0. The summed E-state index contributed by atoms with van der Waals surface area (Å²) in [6.07, 6.45) is 5.75. The maximum Gasteiger partial charge on any atom is 0.356 e. The molecule has 1 amide bonds. The van der Waals surface area contributed by atoms with Crippen molar-refractivity contribution < 1.29 is 14.7 Å². The highest BCUT2D eigenvalue weighted by Crippen LogP contribution is 2.12. The molecule has 0 saturated carbocycles. The number of hydrogen-bond acceptors (Lipinski definition) is 4. The van der Waals surface area contributed by atoms with Gasteiger partial charge in [0.2, 0.25) is 5.91 Å². The minimum absolute atomic E-state index is 0.0693. The van der Waals surface area contributed by atoms with Gasteiger partial charge in [-0.15, -0.1) is 0 Å². The number of aromatic carboxylic acids is 1.